The van der Waals surface area contributed by atoms with Gasteiger partial charge in [-0.05, 0) is 30.3 Å². The Morgan fingerprint density at radius 2 is 1.81 bits per heavy atom. The van der Waals surface area contributed by atoms with E-state index in [1.807, 2.05) is 0 Å². The molecule has 0 radical (unpaired) electrons. The van der Waals surface area contributed by atoms with Crippen LogP contribution in [0.15, 0.2) is 42.5 Å². The van der Waals surface area contributed by atoms with Gasteiger partial charge in [-0.1, -0.05) is 23.7 Å². The van der Waals surface area contributed by atoms with E-state index in [9.17, 15) is 27.6 Å². The van der Waals surface area contributed by atoms with Gasteiger partial charge in [-0.15, -0.1) is 0 Å². The SMILES string of the molecule is COc1ccccc1C(=O)OCC(=O)N(C)CC(=O)Nc1ccc(Cl)c(C(F)(F)F)c1. The van der Waals surface area contributed by atoms with E-state index in [1.54, 1.807) is 18.2 Å². The Morgan fingerprint density at radius 1 is 1.13 bits per heavy atom. The largest absolute Gasteiger partial charge is 0.496 e. The number of esters is 1. The molecule has 0 aliphatic rings. The quantitative estimate of drug-likeness (QED) is 0.641. The molecule has 2 amide bonds. The van der Waals surface area contributed by atoms with Crippen LogP contribution in [0.25, 0.3) is 0 Å². The van der Waals surface area contributed by atoms with Crippen molar-refractivity contribution in [2.75, 3.05) is 32.6 Å². The first kappa shape index (κ1) is 24.0. The highest BCUT2D eigenvalue weighted by Gasteiger charge is 2.33. The molecule has 0 fully saturated rings. The molecule has 31 heavy (non-hydrogen) atoms. The predicted molar refractivity (Wildman–Crippen MR) is 106 cm³/mol. The van der Waals surface area contributed by atoms with Crippen LogP contribution < -0.4 is 10.1 Å². The number of nitrogens with one attached hydrogen (secondary N) is 1. The summed E-state index contributed by atoms with van der Waals surface area (Å²) in [5, 5.41) is 1.75. The van der Waals surface area contributed by atoms with Crippen molar-refractivity contribution < 1.29 is 37.0 Å². The van der Waals surface area contributed by atoms with Gasteiger partial charge in [0.2, 0.25) is 5.91 Å². The number of rotatable bonds is 7. The second kappa shape index (κ2) is 10.2. The number of hydrogen-bond donors (Lipinski definition) is 1. The lowest BCUT2D eigenvalue weighted by molar-refractivity contribution is -0.137. The van der Waals surface area contributed by atoms with E-state index in [1.165, 1.54) is 26.3 Å². The van der Waals surface area contributed by atoms with Crippen LogP contribution in [0.2, 0.25) is 5.02 Å². The number of benzene rings is 2. The standard InChI is InChI=1S/C20H18ClF3N2O5/c1-26(18(28)11-31-19(29)13-5-3-4-6-16(13)30-2)10-17(27)25-12-7-8-15(21)14(9-12)20(22,23)24/h3-9H,10-11H2,1-2H3,(H,25,27). The van der Waals surface area contributed by atoms with Crippen molar-refractivity contribution in [3.8, 4) is 5.75 Å². The van der Waals surface area contributed by atoms with Crippen molar-refractivity contribution in [2.24, 2.45) is 0 Å². The Kier molecular flexibility index (Phi) is 7.87. The number of carbonyl (C=O) groups is 3. The molecule has 1 N–H and O–H groups in total. The first-order valence-corrected chi connectivity index (χ1v) is 9.11. The molecule has 166 valence electrons. The Labute approximate surface area is 180 Å². The lowest BCUT2D eigenvalue weighted by atomic mass is 10.2. The van der Waals surface area contributed by atoms with E-state index in [0.717, 1.165) is 11.0 Å². The van der Waals surface area contributed by atoms with Crippen LogP contribution in [-0.2, 0) is 20.5 Å². The lowest BCUT2D eigenvalue weighted by Gasteiger charge is -2.17. The third-order valence-corrected chi connectivity index (χ3v) is 4.35. The first-order chi connectivity index (χ1) is 14.5. The Bertz CT molecular complexity index is 982. The molecule has 0 heterocycles. The van der Waals surface area contributed by atoms with Crippen molar-refractivity contribution >= 4 is 35.1 Å². The van der Waals surface area contributed by atoms with Crippen molar-refractivity contribution in [2.45, 2.75) is 6.18 Å². The van der Waals surface area contributed by atoms with Crippen LogP contribution in [-0.4, -0.2) is 50.0 Å². The summed E-state index contributed by atoms with van der Waals surface area (Å²) in [6.07, 6.45) is -4.68. The number of anilines is 1. The molecular formula is C20H18ClF3N2O5. The highest BCUT2D eigenvalue weighted by Crippen LogP contribution is 2.36. The Morgan fingerprint density at radius 3 is 2.45 bits per heavy atom. The number of hydrogen-bond acceptors (Lipinski definition) is 5. The maximum atomic E-state index is 12.9. The zero-order valence-electron chi connectivity index (χ0n) is 16.5. The van der Waals surface area contributed by atoms with E-state index in [0.29, 0.717) is 6.07 Å². The molecule has 2 aromatic rings. The molecule has 0 aliphatic carbocycles. The highest BCUT2D eigenvalue weighted by molar-refractivity contribution is 6.31. The third-order valence-electron chi connectivity index (χ3n) is 4.02. The van der Waals surface area contributed by atoms with Crippen molar-refractivity contribution in [3.05, 3.63) is 58.6 Å². The molecule has 0 atom stereocenters. The summed E-state index contributed by atoms with van der Waals surface area (Å²) in [5.74, 6) is -1.95. The van der Waals surface area contributed by atoms with Crippen molar-refractivity contribution in [1.82, 2.24) is 4.90 Å². The van der Waals surface area contributed by atoms with Crippen molar-refractivity contribution in [3.63, 3.8) is 0 Å². The molecule has 2 rings (SSSR count). The molecular weight excluding hydrogens is 441 g/mol. The van der Waals surface area contributed by atoms with Gasteiger partial charge in [0.25, 0.3) is 5.91 Å². The third kappa shape index (κ3) is 6.61. The van der Waals surface area contributed by atoms with Crippen LogP contribution >= 0.6 is 11.6 Å². The maximum absolute atomic E-state index is 12.9. The van der Waals surface area contributed by atoms with Crippen molar-refractivity contribution in [1.29, 1.82) is 0 Å². The zero-order chi connectivity index (χ0) is 23.2. The van der Waals surface area contributed by atoms with Gasteiger partial charge in [-0.2, -0.15) is 13.2 Å². The fraction of sp³-hybridized carbons (Fsp3) is 0.250. The number of halogens is 4. The predicted octanol–water partition coefficient (Wildman–Crippen LogP) is 3.62. The van der Waals surface area contributed by atoms with E-state index in [4.69, 9.17) is 21.1 Å². The number of carbonyl (C=O) groups excluding carboxylic acids is 3. The smallest absolute Gasteiger partial charge is 0.417 e. The molecule has 11 heteroatoms. The van der Waals surface area contributed by atoms with Crippen LogP contribution in [0.1, 0.15) is 15.9 Å². The second-order valence-electron chi connectivity index (χ2n) is 6.27. The minimum Gasteiger partial charge on any atom is -0.496 e. The number of nitrogens with zero attached hydrogens (tertiary/aromatic N) is 1. The summed E-state index contributed by atoms with van der Waals surface area (Å²) >= 11 is 5.53. The molecule has 0 unspecified atom stereocenters. The summed E-state index contributed by atoms with van der Waals surface area (Å²) in [5.41, 5.74) is -1.11. The van der Waals surface area contributed by atoms with Crippen LogP contribution in [0.3, 0.4) is 0 Å². The molecule has 0 aliphatic heterocycles. The normalized spacial score (nSPS) is 10.9. The Balaban J connectivity index is 1.91. The number of amides is 2. The average molecular weight is 459 g/mol. The highest BCUT2D eigenvalue weighted by atomic mass is 35.5. The molecule has 2 aromatic carbocycles. The van der Waals surface area contributed by atoms with Crippen LogP contribution in [0, 0.1) is 0 Å². The van der Waals surface area contributed by atoms with Crippen LogP contribution in [0.4, 0.5) is 18.9 Å². The Hall–Kier alpha value is -3.27. The summed E-state index contributed by atoms with van der Waals surface area (Å²) in [6.45, 7) is -1.12. The molecule has 0 bridgehead atoms. The monoisotopic (exact) mass is 458 g/mol. The van der Waals surface area contributed by atoms with E-state index in [-0.39, 0.29) is 17.0 Å². The summed E-state index contributed by atoms with van der Waals surface area (Å²) in [4.78, 5) is 37.3. The molecule has 0 saturated carbocycles. The second-order valence-corrected chi connectivity index (χ2v) is 6.67. The fourth-order valence-corrected chi connectivity index (χ4v) is 2.68. The van der Waals surface area contributed by atoms with E-state index < -0.39 is 47.7 Å². The van der Waals surface area contributed by atoms with Gasteiger partial charge in [0, 0.05) is 12.7 Å². The minimum atomic E-state index is -4.68. The van der Waals surface area contributed by atoms with Gasteiger partial charge in [0.15, 0.2) is 6.61 Å². The van der Waals surface area contributed by atoms with Crippen LogP contribution in [0.5, 0.6) is 5.75 Å². The lowest BCUT2D eigenvalue weighted by Crippen LogP contribution is -2.37. The van der Waals surface area contributed by atoms with E-state index >= 15 is 0 Å². The molecule has 0 saturated heterocycles. The maximum Gasteiger partial charge on any atom is 0.417 e. The summed E-state index contributed by atoms with van der Waals surface area (Å²) in [6, 6.07) is 9.17. The number of para-hydroxylation sites is 1. The van der Waals surface area contributed by atoms with Gasteiger partial charge in [0.05, 0.1) is 24.2 Å². The summed E-state index contributed by atoms with van der Waals surface area (Å²) < 4.78 is 48.7. The number of ether oxygens (including phenoxy) is 2. The van der Waals surface area contributed by atoms with Gasteiger partial charge in [-0.3, -0.25) is 9.59 Å². The summed E-state index contributed by atoms with van der Waals surface area (Å²) in [7, 11) is 2.66. The fourth-order valence-electron chi connectivity index (χ4n) is 2.45. The van der Waals surface area contributed by atoms with E-state index in [2.05, 4.69) is 5.32 Å². The number of methoxy groups -OCH3 is 1. The molecule has 7 nitrogen and oxygen atoms in total. The minimum absolute atomic E-state index is 0.126. The van der Waals surface area contributed by atoms with Gasteiger partial charge in [-0.25, -0.2) is 4.79 Å². The number of alkyl halides is 3. The zero-order valence-corrected chi connectivity index (χ0v) is 17.2. The number of likely N-dealkylation sites (N-methyl/N-ethyl adjacent to an activating group) is 1. The molecule has 0 aromatic heterocycles. The van der Waals surface area contributed by atoms with Gasteiger partial charge < -0.3 is 19.7 Å². The average Bonchev–Trinajstić information content (AvgIpc) is 2.72. The topological polar surface area (TPSA) is 84.9 Å². The first-order valence-electron chi connectivity index (χ1n) is 8.73. The van der Waals surface area contributed by atoms with Gasteiger partial charge >= 0.3 is 12.1 Å². The molecule has 0 spiro atoms. The van der Waals surface area contributed by atoms with Gasteiger partial charge in [0.1, 0.15) is 11.3 Å².